The summed E-state index contributed by atoms with van der Waals surface area (Å²) >= 11 is 0. The highest BCUT2D eigenvalue weighted by molar-refractivity contribution is 6.25. The number of hydrogen-bond acceptors (Lipinski definition) is 2. The number of benzene rings is 1. The molecule has 1 rings (SSSR count). The molecule has 0 unspecified atom stereocenters. The highest BCUT2D eigenvalue weighted by Gasteiger charge is 2.14. The van der Waals surface area contributed by atoms with Crippen molar-refractivity contribution in [2.75, 3.05) is 0 Å². The number of carbonyl (C=O) groups is 1. The van der Waals surface area contributed by atoms with Crippen LogP contribution in [0.5, 0.6) is 0 Å². The molecule has 0 spiro atoms. The van der Waals surface area contributed by atoms with Crippen molar-refractivity contribution < 1.29 is 9.18 Å². The van der Waals surface area contributed by atoms with Crippen molar-refractivity contribution in [1.29, 1.82) is 5.41 Å². The molecule has 15 heavy (non-hydrogen) atoms. The fourth-order valence-electron chi connectivity index (χ4n) is 1.19. The summed E-state index contributed by atoms with van der Waals surface area (Å²) in [7, 11) is 0. The number of ketones is 1. The zero-order chi connectivity index (χ0) is 11.4. The van der Waals surface area contributed by atoms with E-state index >= 15 is 0 Å². The van der Waals surface area contributed by atoms with Crippen LogP contribution in [0.25, 0.3) is 0 Å². The minimum atomic E-state index is -0.486. The lowest BCUT2D eigenvalue weighted by molar-refractivity contribution is 0.104. The van der Waals surface area contributed by atoms with Gasteiger partial charge in [0.15, 0.2) is 5.78 Å². The molecule has 4 heteroatoms. The molecule has 0 atom stereocenters. The molecule has 0 amide bonds. The zero-order valence-electron chi connectivity index (χ0n) is 8.25. The van der Waals surface area contributed by atoms with Crippen molar-refractivity contribution in [2.45, 2.75) is 6.92 Å². The Morgan fingerprint density at radius 2 is 2.20 bits per heavy atom. The van der Waals surface area contributed by atoms with Gasteiger partial charge >= 0.3 is 0 Å². The minimum absolute atomic E-state index is 0.0839. The Kier molecular flexibility index (Phi) is 3.33. The molecule has 0 aromatic heterocycles. The Labute approximate surface area is 86.9 Å². The van der Waals surface area contributed by atoms with Gasteiger partial charge in [-0.3, -0.25) is 10.2 Å². The Hall–Kier alpha value is -1.97. The van der Waals surface area contributed by atoms with Gasteiger partial charge in [-0.15, -0.1) is 0 Å². The van der Waals surface area contributed by atoms with Crippen molar-refractivity contribution in [3.8, 4) is 0 Å². The highest BCUT2D eigenvalue weighted by atomic mass is 19.1. The number of nitrogens with two attached hydrogens (primary N) is 1. The van der Waals surface area contributed by atoms with Crippen LogP contribution in [0.4, 0.5) is 4.39 Å². The van der Waals surface area contributed by atoms with E-state index in [-0.39, 0.29) is 17.0 Å². The van der Waals surface area contributed by atoms with Crippen LogP contribution in [0.15, 0.2) is 35.9 Å². The van der Waals surface area contributed by atoms with Crippen LogP contribution in [0.2, 0.25) is 0 Å². The fraction of sp³-hybridized carbons (Fsp3) is 0.0909. The van der Waals surface area contributed by atoms with Gasteiger partial charge in [-0.25, -0.2) is 4.39 Å². The van der Waals surface area contributed by atoms with Crippen molar-refractivity contribution in [3.63, 3.8) is 0 Å². The van der Waals surface area contributed by atoms with E-state index in [0.29, 0.717) is 0 Å². The summed E-state index contributed by atoms with van der Waals surface area (Å²) in [5.74, 6) is -1.24. The molecular formula is C11H11FN2O. The average molecular weight is 206 g/mol. The lowest BCUT2D eigenvalue weighted by Crippen LogP contribution is -2.20. The van der Waals surface area contributed by atoms with Gasteiger partial charge in [-0.05, 0) is 19.1 Å². The first-order valence-corrected chi connectivity index (χ1v) is 4.37. The SMILES string of the molecule is C/C=C(\C(=N)N)C(=O)c1cccc(F)c1. The molecular weight excluding hydrogens is 195 g/mol. The number of rotatable bonds is 3. The van der Waals surface area contributed by atoms with Crippen LogP contribution in [0.3, 0.4) is 0 Å². The van der Waals surface area contributed by atoms with E-state index in [0.717, 1.165) is 6.07 Å². The molecule has 0 aliphatic rings. The second kappa shape index (κ2) is 4.50. The number of nitrogens with one attached hydrogen (secondary N) is 1. The second-order valence-electron chi connectivity index (χ2n) is 2.96. The number of allylic oxidation sites excluding steroid dienone is 1. The van der Waals surface area contributed by atoms with Crippen LogP contribution in [0.1, 0.15) is 17.3 Å². The predicted octanol–water partition coefficient (Wildman–Crippen LogP) is 1.89. The van der Waals surface area contributed by atoms with Gasteiger partial charge in [-0.2, -0.15) is 0 Å². The van der Waals surface area contributed by atoms with E-state index in [4.69, 9.17) is 11.1 Å². The molecule has 1 aromatic rings. The monoisotopic (exact) mass is 206 g/mol. The minimum Gasteiger partial charge on any atom is -0.384 e. The molecule has 0 heterocycles. The summed E-state index contributed by atoms with van der Waals surface area (Å²) in [5.41, 5.74) is 5.50. The lowest BCUT2D eigenvalue weighted by Gasteiger charge is -2.03. The van der Waals surface area contributed by atoms with E-state index in [1.54, 1.807) is 6.92 Å². The Bertz CT molecular complexity index is 438. The molecule has 0 aliphatic carbocycles. The number of amidine groups is 1. The molecule has 3 nitrogen and oxygen atoms in total. The first kappa shape index (κ1) is 11.1. The van der Waals surface area contributed by atoms with Crippen molar-refractivity contribution in [2.24, 2.45) is 5.73 Å². The average Bonchev–Trinajstić information content (AvgIpc) is 2.18. The van der Waals surface area contributed by atoms with E-state index in [9.17, 15) is 9.18 Å². The van der Waals surface area contributed by atoms with Gasteiger partial charge in [0.25, 0.3) is 0 Å². The maximum Gasteiger partial charge on any atom is 0.196 e. The van der Waals surface area contributed by atoms with Gasteiger partial charge < -0.3 is 5.73 Å². The molecule has 0 aliphatic heterocycles. The Morgan fingerprint density at radius 3 is 2.67 bits per heavy atom. The predicted molar refractivity (Wildman–Crippen MR) is 56.4 cm³/mol. The normalized spacial score (nSPS) is 11.2. The number of halogens is 1. The smallest absolute Gasteiger partial charge is 0.196 e. The van der Waals surface area contributed by atoms with Crippen LogP contribution >= 0.6 is 0 Å². The molecule has 78 valence electrons. The van der Waals surface area contributed by atoms with Gasteiger partial charge in [0.05, 0.1) is 5.57 Å². The van der Waals surface area contributed by atoms with Crippen LogP contribution in [-0.2, 0) is 0 Å². The van der Waals surface area contributed by atoms with Crippen LogP contribution in [0, 0.1) is 11.2 Å². The quantitative estimate of drug-likeness (QED) is 0.343. The molecule has 0 fully saturated rings. The maximum absolute atomic E-state index is 12.8. The second-order valence-corrected chi connectivity index (χ2v) is 2.96. The van der Waals surface area contributed by atoms with Gasteiger partial charge in [-0.1, -0.05) is 18.2 Å². The summed E-state index contributed by atoms with van der Waals surface area (Å²) in [4.78, 5) is 11.7. The summed E-state index contributed by atoms with van der Waals surface area (Å²) in [5, 5.41) is 7.18. The summed E-state index contributed by atoms with van der Waals surface area (Å²) in [6, 6.07) is 5.29. The largest absolute Gasteiger partial charge is 0.384 e. The van der Waals surface area contributed by atoms with Crippen LogP contribution in [-0.4, -0.2) is 11.6 Å². The van der Waals surface area contributed by atoms with E-state index in [1.807, 2.05) is 0 Å². The van der Waals surface area contributed by atoms with Crippen LogP contribution < -0.4 is 5.73 Å². The van der Waals surface area contributed by atoms with Crippen molar-refractivity contribution in [1.82, 2.24) is 0 Å². The number of Topliss-reactive ketones (excluding diaryl/α,β-unsaturated/α-hetero) is 1. The van der Waals surface area contributed by atoms with Crippen molar-refractivity contribution in [3.05, 3.63) is 47.3 Å². The van der Waals surface area contributed by atoms with Gasteiger partial charge in [0.2, 0.25) is 0 Å². The van der Waals surface area contributed by atoms with E-state index in [2.05, 4.69) is 0 Å². The van der Waals surface area contributed by atoms with E-state index < -0.39 is 11.6 Å². The topological polar surface area (TPSA) is 66.9 Å². The molecule has 0 saturated carbocycles. The molecule has 0 radical (unpaired) electrons. The number of carbonyl (C=O) groups excluding carboxylic acids is 1. The summed E-state index contributed by atoms with van der Waals surface area (Å²) in [6.07, 6.45) is 1.44. The molecule has 0 saturated heterocycles. The first-order valence-electron chi connectivity index (χ1n) is 4.37. The van der Waals surface area contributed by atoms with Gasteiger partial charge in [0, 0.05) is 5.56 Å². The lowest BCUT2D eigenvalue weighted by atomic mass is 10.0. The Morgan fingerprint density at radius 1 is 1.53 bits per heavy atom. The van der Waals surface area contributed by atoms with Crippen molar-refractivity contribution >= 4 is 11.6 Å². The third-order valence-corrected chi connectivity index (χ3v) is 1.91. The summed E-state index contributed by atoms with van der Waals surface area (Å²) in [6.45, 7) is 1.61. The third kappa shape index (κ3) is 2.49. The molecule has 1 aromatic carbocycles. The fourth-order valence-corrected chi connectivity index (χ4v) is 1.19. The maximum atomic E-state index is 12.8. The van der Waals surface area contributed by atoms with E-state index in [1.165, 1.54) is 24.3 Å². The standard InChI is InChI=1S/C11H11FN2O/c1-2-9(11(13)14)10(15)7-4-3-5-8(12)6-7/h2-6H,1H3,(H3,13,14)/b9-2-. The number of hydrogen-bond donors (Lipinski definition) is 2. The van der Waals surface area contributed by atoms with Gasteiger partial charge in [0.1, 0.15) is 11.7 Å². The Balaban J connectivity index is 3.09. The summed E-state index contributed by atoms with van der Waals surface area (Å²) < 4.78 is 12.8. The zero-order valence-corrected chi connectivity index (χ0v) is 8.25. The highest BCUT2D eigenvalue weighted by Crippen LogP contribution is 2.10. The first-order chi connectivity index (χ1) is 7.06. The molecule has 3 N–H and O–H groups in total. The third-order valence-electron chi connectivity index (χ3n) is 1.91. The molecule has 0 bridgehead atoms.